The van der Waals surface area contributed by atoms with Crippen molar-refractivity contribution >= 4 is 17.4 Å². The third-order valence-corrected chi connectivity index (χ3v) is 4.84. The van der Waals surface area contributed by atoms with Crippen LogP contribution in [-0.2, 0) is 16.0 Å². The number of nitro groups is 1. The van der Waals surface area contributed by atoms with Crippen LogP contribution in [0.1, 0.15) is 31.7 Å². The molecule has 7 nitrogen and oxygen atoms in total. The van der Waals surface area contributed by atoms with Crippen molar-refractivity contribution < 1.29 is 19.6 Å². The first-order chi connectivity index (χ1) is 11.9. The number of rotatable bonds is 8. The van der Waals surface area contributed by atoms with E-state index in [9.17, 15) is 19.7 Å². The van der Waals surface area contributed by atoms with Crippen molar-refractivity contribution in [2.75, 3.05) is 19.6 Å². The largest absolute Gasteiger partial charge is 0.481 e. The van der Waals surface area contributed by atoms with Gasteiger partial charge in [-0.25, -0.2) is 0 Å². The molecule has 2 rings (SSSR count). The van der Waals surface area contributed by atoms with Crippen LogP contribution >= 0.6 is 0 Å². The molecule has 0 bridgehead atoms. The Kier molecular flexibility index (Phi) is 6.64. The van der Waals surface area contributed by atoms with Gasteiger partial charge in [-0.2, -0.15) is 0 Å². The summed E-state index contributed by atoms with van der Waals surface area (Å²) in [5.41, 5.74) is 0.604. The summed E-state index contributed by atoms with van der Waals surface area (Å²) in [4.78, 5) is 36.4. The highest BCUT2D eigenvalue weighted by Gasteiger charge is 2.28. The van der Waals surface area contributed by atoms with E-state index in [0.717, 1.165) is 13.0 Å². The zero-order valence-corrected chi connectivity index (χ0v) is 14.4. The SMILES string of the molecule is CCC(Cc1ccccc1[N+](=O)[O-])C(=O)CN1CCCC(C(=O)O)C1. The summed E-state index contributed by atoms with van der Waals surface area (Å²) in [5, 5.41) is 20.3. The van der Waals surface area contributed by atoms with E-state index in [2.05, 4.69) is 0 Å². The van der Waals surface area contributed by atoms with Crippen LogP contribution in [0.2, 0.25) is 0 Å². The van der Waals surface area contributed by atoms with Gasteiger partial charge in [0.1, 0.15) is 5.78 Å². The van der Waals surface area contributed by atoms with Gasteiger partial charge in [-0.1, -0.05) is 25.1 Å². The maximum atomic E-state index is 12.6. The Morgan fingerprint density at radius 1 is 1.40 bits per heavy atom. The van der Waals surface area contributed by atoms with E-state index < -0.39 is 16.8 Å². The monoisotopic (exact) mass is 348 g/mol. The van der Waals surface area contributed by atoms with Crippen molar-refractivity contribution in [1.29, 1.82) is 0 Å². The van der Waals surface area contributed by atoms with E-state index in [1.165, 1.54) is 6.07 Å². The molecule has 1 aromatic carbocycles. The molecule has 2 unspecified atom stereocenters. The van der Waals surface area contributed by atoms with Crippen LogP contribution in [-0.4, -0.2) is 46.3 Å². The fraction of sp³-hybridized carbons (Fsp3) is 0.556. The third-order valence-electron chi connectivity index (χ3n) is 4.84. The molecular weight excluding hydrogens is 324 g/mol. The Morgan fingerprint density at radius 2 is 2.12 bits per heavy atom. The minimum Gasteiger partial charge on any atom is -0.481 e. The molecule has 0 aromatic heterocycles. The number of nitrogens with zero attached hydrogens (tertiary/aromatic N) is 2. The number of Topliss-reactive ketones (excluding diaryl/α,β-unsaturated/α-hetero) is 1. The van der Waals surface area contributed by atoms with Crippen LogP contribution in [0.15, 0.2) is 24.3 Å². The lowest BCUT2D eigenvalue weighted by Crippen LogP contribution is -2.42. The summed E-state index contributed by atoms with van der Waals surface area (Å²) in [7, 11) is 0. The molecule has 0 saturated carbocycles. The van der Waals surface area contributed by atoms with Crippen molar-refractivity contribution in [1.82, 2.24) is 4.90 Å². The van der Waals surface area contributed by atoms with Crippen LogP contribution in [0.3, 0.4) is 0 Å². The van der Waals surface area contributed by atoms with Gasteiger partial charge in [0.15, 0.2) is 0 Å². The number of hydrogen-bond acceptors (Lipinski definition) is 5. The first-order valence-corrected chi connectivity index (χ1v) is 8.62. The van der Waals surface area contributed by atoms with E-state index in [1.807, 2.05) is 11.8 Å². The zero-order chi connectivity index (χ0) is 18.4. The molecular formula is C18H24N2O5. The smallest absolute Gasteiger partial charge is 0.307 e. The van der Waals surface area contributed by atoms with E-state index >= 15 is 0 Å². The van der Waals surface area contributed by atoms with Crippen LogP contribution in [0.4, 0.5) is 5.69 Å². The lowest BCUT2D eigenvalue weighted by atomic mass is 9.91. The first-order valence-electron chi connectivity index (χ1n) is 8.62. The van der Waals surface area contributed by atoms with Gasteiger partial charge in [0.25, 0.3) is 5.69 Å². The normalized spacial score (nSPS) is 19.3. The van der Waals surface area contributed by atoms with Gasteiger partial charge in [0.05, 0.1) is 17.4 Å². The van der Waals surface area contributed by atoms with Crippen molar-refractivity contribution in [3.63, 3.8) is 0 Å². The molecule has 1 heterocycles. The predicted octanol–water partition coefficient (Wildman–Crippen LogP) is 2.53. The number of hydrogen-bond donors (Lipinski definition) is 1. The number of carboxylic acid groups (broad SMARTS) is 1. The molecule has 0 spiro atoms. The zero-order valence-electron chi connectivity index (χ0n) is 14.4. The maximum Gasteiger partial charge on any atom is 0.307 e. The second kappa shape index (κ2) is 8.71. The Morgan fingerprint density at radius 3 is 2.76 bits per heavy atom. The molecule has 1 saturated heterocycles. The molecule has 0 radical (unpaired) electrons. The third kappa shape index (κ3) is 5.09. The number of nitro benzene ring substituents is 1. The number of carbonyl (C=O) groups excluding carboxylic acids is 1. The van der Waals surface area contributed by atoms with Gasteiger partial charge in [0.2, 0.25) is 0 Å². The van der Waals surface area contributed by atoms with Crippen LogP contribution < -0.4 is 0 Å². The molecule has 136 valence electrons. The van der Waals surface area contributed by atoms with E-state index in [0.29, 0.717) is 31.4 Å². The number of carbonyl (C=O) groups is 2. The Hall–Kier alpha value is -2.28. The summed E-state index contributed by atoms with van der Waals surface area (Å²) in [6.45, 7) is 3.22. The van der Waals surface area contributed by atoms with Crippen molar-refractivity contribution in [2.24, 2.45) is 11.8 Å². The minimum atomic E-state index is -0.816. The second-order valence-electron chi connectivity index (χ2n) is 6.57. The van der Waals surface area contributed by atoms with Crippen molar-refractivity contribution in [3.8, 4) is 0 Å². The quantitative estimate of drug-likeness (QED) is 0.572. The van der Waals surface area contributed by atoms with Crippen LogP contribution in [0.5, 0.6) is 0 Å². The fourth-order valence-electron chi connectivity index (χ4n) is 3.36. The Balaban J connectivity index is 2.02. The summed E-state index contributed by atoms with van der Waals surface area (Å²) >= 11 is 0. The van der Waals surface area contributed by atoms with Gasteiger partial charge in [-0.05, 0) is 32.2 Å². The number of carboxylic acids is 1. The van der Waals surface area contributed by atoms with Crippen molar-refractivity contribution in [3.05, 3.63) is 39.9 Å². The number of aliphatic carboxylic acids is 1. The summed E-state index contributed by atoms with van der Waals surface area (Å²) in [5.74, 6) is -1.51. The molecule has 1 aliphatic heterocycles. The molecule has 7 heteroatoms. The molecule has 2 atom stereocenters. The van der Waals surface area contributed by atoms with E-state index in [1.54, 1.807) is 18.2 Å². The van der Waals surface area contributed by atoms with Gasteiger partial charge >= 0.3 is 5.97 Å². The molecule has 0 amide bonds. The number of likely N-dealkylation sites (tertiary alicyclic amines) is 1. The highest BCUT2D eigenvalue weighted by atomic mass is 16.6. The van der Waals surface area contributed by atoms with Crippen LogP contribution in [0.25, 0.3) is 0 Å². The predicted molar refractivity (Wildman–Crippen MR) is 92.4 cm³/mol. The van der Waals surface area contributed by atoms with Crippen LogP contribution in [0, 0.1) is 22.0 Å². The minimum absolute atomic E-state index is 0.0201. The number of benzene rings is 1. The Bertz CT molecular complexity index is 646. The first kappa shape index (κ1) is 19.1. The van der Waals surface area contributed by atoms with Gasteiger partial charge < -0.3 is 5.11 Å². The number of ketones is 1. The lowest BCUT2D eigenvalue weighted by molar-refractivity contribution is -0.385. The molecule has 1 aliphatic rings. The highest BCUT2D eigenvalue weighted by Crippen LogP contribution is 2.24. The van der Waals surface area contributed by atoms with Gasteiger partial charge in [0, 0.05) is 24.1 Å². The molecule has 1 aromatic rings. The molecule has 0 aliphatic carbocycles. The average molecular weight is 348 g/mol. The number of para-hydroxylation sites is 1. The fourth-order valence-corrected chi connectivity index (χ4v) is 3.36. The molecule has 1 N–H and O–H groups in total. The lowest BCUT2D eigenvalue weighted by Gasteiger charge is -2.31. The molecule has 1 fully saturated rings. The molecule has 25 heavy (non-hydrogen) atoms. The number of piperidine rings is 1. The summed E-state index contributed by atoms with van der Waals surface area (Å²) < 4.78 is 0. The summed E-state index contributed by atoms with van der Waals surface area (Å²) in [6.07, 6.45) is 2.35. The standard InChI is InChI=1S/C18H24N2O5/c1-2-13(10-14-6-3-4-8-16(14)20(24)25)17(21)12-19-9-5-7-15(11-19)18(22)23/h3-4,6,8,13,15H,2,5,7,9-12H2,1H3,(H,22,23). The average Bonchev–Trinajstić information content (AvgIpc) is 2.59. The Labute approximate surface area is 146 Å². The highest BCUT2D eigenvalue weighted by molar-refractivity contribution is 5.83. The maximum absolute atomic E-state index is 12.6. The topological polar surface area (TPSA) is 101 Å². The van der Waals surface area contributed by atoms with E-state index in [4.69, 9.17) is 5.11 Å². The summed E-state index contributed by atoms with van der Waals surface area (Å²) in [6, 6.07) is 6.50. The van der Waals surface area contributed by atoms with Crippen molar-refractivity contribution in [2.45, 2.75) is 32.6 Å². The van der Waals surface area contributed by atoms with Gasteiger partial charge in [-0.15, -0.1) is 0 Å². The second-order valence-corrected chi connectivity index (χ2v) is 6.57. The van der Waals surface area contributed by atoms with E-state index in [-0.39, 0.29) is 23.9 Å². The van der Waals surface area contributed by atoms with Gasteiger partial charge in [-0.3, -0.25) is 24.6 Å².